The lowest BCUT2D eigenvalue weighted by atomic mass is 9.93. The number of nitrogens with one attached hydrogen (secondary N) is 3. The lowest BCUT2D eigenvalue weighted by molar-refractivity contribution is 0.0958. The molecule has 596 valence electrons. The van der Waals surface area contributed by atoms with Crippen molar-refractivity contribution < 1.29 is 28.5 Å². The summed E-state index contributed by atoms with van der Waals surface area (Å²) in [5.74, 6) is 5.50. The highest BCUT2D eigenvalue weighted by molar-refractivity contribution is 6.32. The molecule has 0 bridgehead atoms. The van der Waals surface area contributed by atoms with E-state index in [1.165, 1.54) is 4.68 Å². The molecule has 11 aromatic heterocycles. The highest BCUT2D eigenvalue weighted by atomic mass is 35.5. The van der Waals surface area contributed by atoms with Crippen molar-refractivity contribution in [3.05, 3.63) is 332 Å². The van der Waals surface area contributed by atoms with Crippen molar-refractivity contribution in [2.24, 2.45) is 15.1 Å². The van der Waals surface area contributed by atoms with Crippen LogP contribution in [0.15, 0.2) is 331 Å². The Morgan fingerprint density at radius 1 is 0.408 bits per heavy atom. The minimum atomic E-state index is -0.218. The second-order valence-electron chi connectivity index (χ2n) is 25.6. The van der Waals surface area contributed by atoms with Crippen LogP contribution in [0, 0.1) is 5.53 Å². The summed E-state index contributed by atoms with van der Waals surface area (Å²) in [7, 11) is 8.13. The molecule has 5 N–H and O–H groups in total. The number of anilines is 4. The Kier molecular flexibility index (Phi) is 27.1. The molecule has 6 aromatic carbocycles. The number of nitrogens with zero attached hydrogens (tertiary/aromatic N) is 17. The molecule has 17 aromatic rings. The van der Waals surface area contributed by atoms with Crippen LogP contribution < -0.4 is 40.1 Å². The van der Waals surface area contributed by atoms with Crippen molar-refractivity contribution in [1.82, 2.24) is 68.9 Å². The molecule has 0 aliphatic carbocycles. The number of methoxy groups -OCH3 is 5. The molecule has 0 amide bonds. The van der Waals surface area contributed by atoms with E-state index < -0.39 is 0 Å². The summed E-state index contributed by atoms with van der Waals surface area (Å²) in [4.78, 5) is 50.3. The predicted molar refractivity (Wildman–Crippen MR) is 467 cm³/mol. The van der Waals surface area contributed by atoms with E-state index >= 15 is 0 Å². The smallest absolute Gasteiger partial charge is 0.280 e. The first-order valence-corrected chi connectivity index (χ1v) is 37.5. The standard InChI is InChI=1S/C30H24N6O2.C30H23N5O2.C25H19ClN4O2.C5H6N2.CH4.ClHN4/c1-37-22-16-14-21(15-17-22)26-28(33-24-13-7-9-19-32-24)34-29-25(20-10-4-3-5-11-20)27(23-12-6-8-18-31-23)35-36(29)30(26)38-2;1-37-22-15-13-21(14-16-22)27-24(33-26-12-6-8-18-32-26)19-25-28(20-9-3-2-4-10-20)29(34-35(25)30(27)36)23-11-5-7-17-31-23;1-31-18-13-11-17(12-14-18)21-23(26)28-24-20(16-8-4-3-5-9-16)22(19-10-6-7-15-27-19)29-30(24)25(21)32-2;6-5-3-1-2-4-7-5;;1-3-5-4-2/h3-19H,1-2H3,(H,32,33,34);2-18H,19H2,1H3,(H,32,33);3-15H,1-2H3;1-4H,(H2,6,7);1H4;2H. The molecule has 27 nitrogen and oxygen atoms in total. The summed E-state index contributed by atoms with van der Waals surface area (Å²) in [6.45, 7) is 0. The molecule has 0 radical (unpaired) electrons. The minimum absolute atomic E-state index is 0. The van der Waals surface area contributed by atoms with Crippen molar-refractivity contribution in [1.29, 1.82) is 5.53 Å². The van der Waals surface area contributed by atoms with Crippen LogP contribution in [-0.4, -0.2) is 110 Å². The summed E-state index contributed by atoms with van der Waals surface area (Å²) in [5, 5.41) is 26.9. The molecule has 0 saturated heterocycles. The van der Waals surface area contributed by atoms with Gasteiger partial charge in [0.25, 0.3) is 5.91 Å². The maximum Gasteiger partial charge on any atom is 0.280 e. The van der Waals surface area contributed by atoms with Crippen LogP contribution in [0.2, 0.25) is 5.15 Å². The summed E-state index contributed by atoms with van der Waals surface area (Å²) < 4.78 is 35.4. The largest absolute Gasteiger partial charge is 0.497 e. The fourth-order valence-corrected chi connectivity index (χ4v) is 13.5. The lowest BCUT2D eigenvalue weighted by Gasteiger charge is -2.23. The Morgan fingerprint density at radius 2 is 0.792 bits per heavy atom. The second kappa shape index (κ2) is 39.5. The number of hydrogen-bond donors (Lipinski definition) is 4. The molecular weight excluding hydrogens is 1550 g/mol. The highest BCUT2D eigenvalue weighted by Gasteiger charge is 2.35. The lowest BCUT2D eigenvalue weighted by Crippen LogP contribution is -2.26. The molecule has 29 heteroatoms. The Bertz CT molecular complexity index is 6330. The number of benzene rings is 6. The fraction of sp³-hybridized carbons (Fsp3) is 0.0769. The van der Waals surface area contributed by atoms with Gasteiger partial charge >= 0.3 is 0 Å². The monoisotopic (exact) mass is 1630 g/mol. The third-order valence-electron chi connectivity index (χ3n) is 18.5. The van der Waals surface area contributed by atoms with Crippen molar-refractivity contribution >= 4 is 69.4 Å². The number of ether oxygens (including phenoxy) is 5. The summed E-state index contributed by atoms with van der Waals surface area (Å²) >= 11 is 11.3. The average Bonchev–Trinajstić information content (AvgIpc) is 1.74. The van der Waals surface area contributed by atoms with Crippen molar-refractivity contribution in [3.8, 4) is 119 Å². The number of carbonyl (C=O) groups is 1. The van der Waals surface area contributed by atoms with Crippen LogP contribution in [0.3, 0.4) is 0 Å². The Hall–Kier alpha value is -15.7. The van der Waals surface area contributed by atoms with Gasteiger partial charge in [-0.2, -0.15) is 34.5 Å². The number of halogens is 2. The molecule has 0 spiro atoms. The summed E-state index contributed by atoms with van der Waals surface area (Å²) in [6.07, 6.45) is 10.8. The first-order valence-electron chi connectivity index (χ1n) is 36.8. The van der Waals surface area contributed by atoms with Gasteiger partial charge in [0.05, 0.1) is 97.9 Å². The summed E-state index contributed by atoms with van der Waals surface area (Å²) in [6, 6.07) is 86.8. The van der Waals surface area contributed by atoms with Crippen LogP contribution in [0.25, 0.3) is 107 Å². The van der Waals surface area contributed by atoms with Crippen LogP contribution in [-0.2, 0) is 6.42 Å². The van der Waals surface area contributed by atoms with Gasteiger partial charge in [-0.25, -0.2) is 24.9 Å². The molecule has 0 saturated carbocycles. The normalized spacial score (nSPS) is 11.2. The molecule has 1 aliphatic heterocycles. The first-order chi connectivity index (χ1) is 58.5. The highest BCUT2D eigenvalue weighted by Crippen LogP contribution is 2.46. The number of carbonyl (C=O) groups excluding carboxylic acids is 1. The number of rotatable bonds is 19. The minimum Gasteiger partial charge on any atom is -0.497 e. The molecule has 0 atom stereocenters. The SMILES string of the molecule is C.COc1ccc(-c2c(Cl)nc3c(-c4ccccc4)c(-c4ccccn4)nn3c2OC)cc1.COc1ccc(-c2c(Nc3ccccn3)nc3c(-c4ccccc4)c(-c4ccccn4)nn3c2OC)cc1.COc1ccc(C2=C(Nc3ccccn3)Cc3c(-c4ccccc4)c(-c4ccccn4)nn3C2=O)cc1.N=NN=NCl.Nc1ccccn1. The van der Waals surface area contributed by atoms with Gasteiger partial charge in [-0.3, -0.25) is 19.7 Å². The number of allylic oxidation sites excluding steroid dienone is 2. The van der Waals surface area contributed by atoms with Crippen LogP contribution >= 0.6 is 23.4 Å². The van der Waals surface area contributed by atoms with Crippen molar-refractivity contribution in [2.45, 2.75) is 13.8 Å². The number of nitrogen functional groups attached to an aromatic ring is 1. The number of aromatic nitrogens is 14. The molecule has 0 fully saturated rings. The average molecular weight is 1630 g/mol. The van der Waals surface area contributed by atoms with Crippen molar-refractivity contribution in [3.63, 3.8) is 0 Å². The van der Waals surface area contributed by atoms with E-state index in [1.54, 1.807) is 87.8 Å². The van der Waals surface area contributed by atoms with E-state index in [1.807, 2.05) is 267 Å². The third-order valence-corrected chi connectivity index (χ3v) is 18.8. The van der Waals surface area contributed by atoms with Gasteiger partial charge in [-0.15, -0.1) is 0 Å². The second-order valence-corrected chi connectivity index (χ2v) is 26.1. The predicted octanol–water partition coefficient (Wildman–Crippen LogP) is 20.7. The number of hydrogen-bond acceptors (Lipinski definition) is 22. The van der Waals surface area contributed by atoms with E-state index in [0.717, 1.165) is 95.7 Å². The van der Waals surface area contributed by atoms with Gasteiger partial charge in [0.1, 0.15) is 62.8 Å². The van der Waals surface area contributed by atoms with Crippen LogP contribution in [0.4, 0.5) is 23.3 Å². The van der Waals surface area contributed by atoms with Gasteiger partial charge in [-0.1, -0.05) is 187 Å². The van der Waals surface area contributed by atoms with E-state index in [-0.39, 0.29) is 13.3 Å². The van der Waals surface area contributed by atoms with Crippen LogP contribution in [0.1, 0.15) is 23.5 Å². The molecule has 18 rings (SSSR count). The van der Waals surface area contributed by atoms with E-state index in [9.17, 15) is 4.79 Å². The van der Waals surface area contributed by atoms with E-state index in [4.69, 9.17) is 71.8 Å². The Labute approximate surface area is 700 Å². The molecule has 0 unspecified atom stereocenters. The van der Waals surface area contributed by atoms with Gasteiger partial charge in [0, 0.05) is 54.9 Å². The Balaban J connectivity index is 0.000000145. The number of nitrogens with two attached hydrogens (primary N) is 1. The van der Waals surface area contributed by atoms with Gasteiger partial charge in [0.15, 0.2) is 11.3 Å². The van der Waals surface area contributed by atoms with E-state index in [2.05, 4.69) is 67.4 Å². The number of fused-ring (bicyclic) bond motifs is 3. The molecular formula is C91H77Cl2N21O6. The maximum absolute atomic E-state index is 14.1. The topological polar surface area (TPSA) is 330 Å². The quantitative estimate of drug-likeness (QED) is 0.0332. The van der Waals surface area contributed by atoms with Crippen LogP contribution in [0.5, 0.6) is 29.0 Å². The maximum atomic E-state index is 14.1. The zero-order valence-electron chi connectivity index (χ0n) is 64.5. The first kappa shape index (κ1) is 82.2. The number of pyridine rings is 6. The zero-order chi connectivity index (χ0) is 82.4. The van der Waals surface area contributed by atoms with Gasteiger partial charge in [-0.05, 0) is 153 Å². The van der Waals surface area contributed by atoms with Gasteiger partial charge in [0.2, 0.25) is 11.8 Å². The fourth-order valence-electron chi connectivity index (χ4n) is 13.2. The van der Waals surface area contributed by atoms with Gasteiger partial charge < -0.3 is 40.1 Å². The molecule has 12 heterocycles. The van der Waals surface area contributed by atoms with Crippen molar-refractivity contribution in [2.75, 3.05) is 51.9 Å². The Morgan fingerprint density at radius 3 is 1.18 bits per heavy atom. The van der Waals surface area contributed by atoms with E-state index in [0.29, 0.717) is 91.8 Å². The zero-order valence-corrected chi connectivity index (χ0v) is 66.0. The third kappa shape index (κ3) is 18.5. The summed E-state index contributed by atoms with van der Waals surface area (Å²) in [5.41, 5.74) is 28.1. The molecule has 1 aliphatic rings. The molecule has 120 heavy (non-hydrogen) atoms.